The molecule has 154 valence electrons. The van der Waals surface area contributed by atoms with Crippen LogP contribution in [-0.2, 0) is 9.53 Å². The predicted molar refractivity (Wildman–Crippen MR) is 112 cm³/mol. The second-order valence-electron chi connectivity index (χ2n) is 6.12. The van der Waals surface area contributed by atoms with Crippen molar-refractivity contribution in [3.8, 4) is 5.75 Å². The van der Waals surface area contributed by atoms with Gasteiger partial charge in [0.2, 0.25) is 0 Å². The zero-order valence-electron chi connectivity index (χ0n) is 15.7. The number of nitrogens with one attached hydrogen (secondary N) is 1. The van der Waals surface area contributed by atoms with E-state index in [1.54, 1.807) is 55.5 Å². The Bertz CT molecular complexity index is 853. The Morgan fingerprint density at radius 3 is 2.52 bits per heavy atom. The van der Waals surface area contributed by atoms with Crippen LogP contribution in [0.1, 0.15) is 18.6 Å². The summed E-state index contributed by atoms with van der Waals surface area (Å²) in [4.78, 5) is 23.4. The van der Waals surface area contributed by atoms with Gasteiger partial charge in [-0.25, -0.2) is 9.59 Å². The van der Waals surface area contributed by atoms with Gasteiger partial charge in [0.15, 0.2) is 0 Å². The predicted octanol–water partition coefficient (Wildman–Crippen LogP) is 4.39. The average Bonchev–Trinajstić information content (AvgIpc) is 2.70. The molecule has 0 heterocycles. The van der Waals surface area contributed by atoms with Crippen LogP contribution in [0, 0.1) is 5.92 Å². The van der Waals surface area contributed by atoms with Gasteiger partial charge in [0.05, 0.1) is 6.61 Å². The molecular weight excluding hydrogens is 442 g/mol. The topological polar surface area (TPSA) is 105 Å². The number of halogens is 1. The average molecular weight is 464 g/mol. The minimum Gasteiger partial charge on any atom is -0.491 e. The molecule has 0 saturated heterocycles. The van der Waals surface area contributed by atoms with Crippen molar-refractivity contribution in [3.63, 3.8) is 0 Å². The maximum absolute atomic E-state index is 12.5. The molecule has 3 N–H and O–H groups in total. The fraction of sp³-hybridized carbons (Fsp3) is 0.238. The van der Waals surface area contributed by atoms with Crippen molar-refractivity contribution in [2.24, 2.45) is 5.92 Å². The summed E-state index contributed by atoms with van der Waals surface area (Å²) >= 11 is 3.33. The van der Waals surface area contributed by atoms with E-state index in [1.165, 1.54) is 6.08 Å². The summed E-state index contributed by atoms with van der Waals surface area (Å²) in [6.07, 6.45) is 0.953. The molecule has 0 saturated carbocycles. The van der Waals surface area contributed by atoms with E-state index in [0.29, 0.717) is 17.0 Å². The lowest BCUT2D eigenvalue weighted by Gasteiger charge is -2.24. The molecule has 0 fully saturated rings. The highest BCUT2D eigenvalue weighted by Crippen LogP contribution is 2.34. The minimum atomic E-state index is -1.10. The summed E-state index contributed by atoms with van der Waals surface area (Å²) in [5, 5.41) is 20.6. The highest BCUT2D eigenvalue weighted by atomic mass is 79.9. The molecule has 0 spiro atoms. The second kappa shape index (κ2) is 11.2. The summed E-state index contributed by atoms with van der Waals surface area (Å²) in [6, 6.07) is 13.9. The van der Waals surface area contributed by atoms with E-state index in [-0.39, 0.29) is 13.2 Å². The number of para-hydroxylation sites is 1. The van der Waals surface area contributed by atoms with Gasteiger partial charge in [0.25, 0.3) is 0 Å². The number of carbonyl (C=O) groups excluding carboxylic acids is 1. The molecule has 2 rings (SSSR count). The number of carboxylic acids is 1. The van der Waals surface area contributed by atoms with Gasteiger partial charge in [0, 0.05) is 27.7 Å². The monoisotopic (exact) mass is 463 g/mol. The van der Waals surface area contributed by atoms with Crippen LogP contribution in [0.2, 0.25) is 0 Å². The molecule has 0 aromatic heterocycles. The first kappa shape index (κ1) is 22.4. The Kier molecular flexibility index (Phi) is 8.69. The minimum absolute atomic E-state index is 0.0775. The van der Waals surface area contributed by atoms with E-state index in [1.807, 2.05) is 0 Å². The van der Waals surface area contributed by atoms with Gasteiger partial charge in [-0.05, 0) is 30.3 Å². The Labute approximate surface area is 177 Å². The number of aliphatic carboxylic acids is 1. The number of carboxylic acid groups (broad SMARTS) is 1. The number of anilines is 1. The van der Waals surface area contributed by atoms with E-state index in [4.69, 9.17) is 19.7 Å². The lowest BCUT2D eigenvalue weighted by Crippen LogP contribution is -2.22. The lowest BCUT2D eigenvalue weighted by molar-refractivity contribution is -0.131. The van der Waals surface area contributed by atoms with Crippen molar-refractivity contribution >= 4 is 33.7 Å². The van der Waals surface area contributed by atoms with Crippen LogP contribution in [0.5, 0.6) is 5.75 Å². The molecule has 2 aromatic carbocycles. The summed E-state index contributed by atoms with van der Waals surface area (Å²) in [7, 11) is 0. The van der Waals surface area contributed by atoms with Crippen LogP contribution >= 0.6 is 15.9 Å². The molecule has 29 heavy (non-hydrogen) atoms. The second-order valence-corrected chi connectivity index (χ2v) is 7.04. The summed E-state index contributed by atoms with van der Waals surface area (Å²) < 4.78 is 12.1. The Morgan fingerprint density at radius 1 is 1.17 bits per heavy atom. The molecule has 0 aliphatic rings. The molecule has 2 aromatic rings. The number of rotatable bonds is 9. The largest absolute Gasteiger partial charge is 0.491 e. The molecular formula is C21H22BrNO6. The Balaban J connectivity index is 2.26. The van der Waals surface area contributed by atoms with Gasteiger partial charge < -0.3 is 19.7 Å². The van der Waals surface area contributed by atoms with Crippen molar-refractivity contribution in [2.75, 3.05) is 18.5 Å². The number of hydrogen-bond acceptors (Lipinski definition) is 5. The van der Waals surface area contributed by atoms with Crippen molar-refractivity contribution in [2.45, 2.75) is 13.0 Å². The van der Waals surface area contributed by atoms with Gasteiger partial charge in [-0.1, -0.05) is 47.1 Å². The van der Waals surface area contributed by atoms with E-state index >= 15 is 0 Å². The van der Waals surface area contributed by atoms with Gasteiger partial charge in [0.1, 0.15) is 18.5 Å². The molecule has 1 amide bonds. The van der Waals surface area contributed by atoms with E-state index in [9.17, 15) is 9.59 Å². The SMILES string of the molecule is C[C@H](/C=C/C(=O)O)[C@H](OC(=O)Nc1ccc(Br)cc1)c1ccccc1OCCO. The third-order valence-electron chi connectivity index (χ3n) is 3.92. The molecule has 0 bridgehead atoms. The van der Waals surface area contributed by atoms with Crippen molar-refractivity contribution in [1.29, 1.82) is 0 Å². The zero-order chi connectivity index (χ0) is 21.2. The molecule has 0 radical (unpaired) electrons. The van der Waals surface area contributed by atoms with Gasteiger partial charge in [-0.2, -0.15) is 0 Å². The van der Waals surface area contributed by atoms with Gasteiger partial charge in [-0.3, -0.25) is 5.32 Å². The fourth-order valence-electron chi connectivity index (χ4n) is 2.59. The maximum Gasteiger partial charge on any atom is 0.412 e. The fourth-order valence-corrected chi connectivity index (χ4v) is 2.85. The normalized spacial score (nSPS) is 12.9. The maximum atomic E-state index is 12.5. The van der Waals surface area contributed by atoms with Crippen molar-refractivity contribution in [1.82, 2.24) is 0 Å². The van der Waals surface area contributed by atoms with Crippen LogP contribution in [0.3, 0.4) is 0 Å². The third kappa shape index (κ3) is 7.24. The number of ether oxygens (including phenoxy) is 2. The number of amides is 1. The molecule has 0 aliphatic heterocycles. The first-order valence-electron chi connectivity index (χ1n) is 8.87. The Hall–Kier alpha value is -2.84. The van der Waals surface area contributed by atoms with Gasteiger partial charge >= 0.3 is 12.1 Å². The molecule has 2 atom stereocenters. The van der Waals surface area contributed by atoms with Crippen molar-refractivity contribution in [3.05, 3.63) is 70.7 Å². The van der Waals surface area contributed by atoms with Crippen LogP contribution in [0.25, 0.3) is 0 Å². The van der Waals surface area contributed by atoms with E-state index < -0.39 is 24.1 Å². The van der Waals surface area contributed by atoms with Crippen LogP contribution in [-0.4, -0.2) is 35.5 Å². The highest BCUT2D eigenvalue weighted by Gasteiger charge is 2.25. The first-order valence-corrected chi connectivity index (χ1v) is 9.67. The molecule has 7 nitrogen and oxygen atoms in total. The summed E-state index contributed by atoms with van der Waals surface area (Å²) in [5.74, 6) is -1.11. The van der Waals surface area contributed by atoms with Crippen LogP contribution < -0.4 is 10.1 Å². The first-order chi connectivity index (χ1) is 13.9. The highest BCUT2D eigenvalue weighted by molar-refractivity contribution is 9.10. The van der Waals surface area contributed by atoms with E-state index in [0.717, 1.165) is 10.5 Å². The number of aliphatic hydroxyl groups is 1. The lowest BCUT2D eigenvalue weighted by atomic mass is 9.96. The molecule has 0 unspecified atom stereocenters. The van der Waals surface area contributed by atoms with Crippen molar-refractivity contribution < 1.29 is 29.3 Å². The summed E-state index contributed by atoms with van der Waals surface area (Å²) in [5.41, 5.74) is 1.12. The number of carbonyl (C=O) groups is 2. The molecule has 8 heteroatoms. The standard InChI is InChI=1S/C21H22BrNO6/c1-14(6-11-19(25)26)20(17-4-2-3-5-18(17)28-13-12-24)29-21(27)23-16-9-7-15(22)8-10-16/h2-11,14,20,24H,12-13H2,1H3,(H,23,27)(H,25,26)/b11-6+/t14-,20+/m1/s1. The number of benzene rings is 2. The van der Waals surface area contributed by atoms with Gasteiger partial charge in [-0.15, -0.1) is 0 Å². The van der Waals surface area contributed by atoms with Crippen LogP contribution in [0.4, 0.5) is 10.5 Å². The number of hydrogen-bond donors (Lipinski definition) is 3. The smallest absolute Gasteiger partial charge is 0.412 e. The quantitative estimate of drug-likeness (QED) is 0.476. The molecule has 0 aliphatic carbocycles. The summed E-state index contributed by atoms with van der Waals surface area (Å²) in [6.45, 7) is 1.65. The Morgan fingerprint density at radius 2 is 1.86 bits per heavy atom. The third-order valence-corrected chi connectivity index (χ3v) is 4.45. The van der Waals surface area contributed by atoms with E-state index in [2.05, 4.69) is 21.2 Å². The number of aliphatic hydroxyl groups excluding tert-OH is 1. The zero-order valence-corrected chi connectivity index (χ0v) is 17.3. The van der Waals surface area contributed by atoms with Crippen LogP contribution in [0.15, 0.2) is 65.2 Å².